The van der Waals surface area contributed by atoms with Gasteiger partial charge in [-0.2, -0.15) is 0 Å². The third-order valence-electron chi connectivity index (χ3n) is 7.31. The summed E-state index contributed by atoms with van der Waals surface area (Å²) >= 11 is 0. The van der Waals surface area contributed by atoms with Gasteiger partial charge in [-0.3, -0.25) is 0 Å². The van der Waals surface area contributed by atoms with Crippen molar-refractivity contribution >= 4 is 11.9 Å². The molecule has 210 valence electrons. The van der Waals surface area contributed by atoms with Crippen molar-refractivity contribution in [2.45, 2.75) is 124 Å². The lowest BCUT2D eigenvalue weighted by Gasteiger charge is -2.33. The number of rotatable bonds is 12. The number of hydrogen-bond donors (Lipinski definition) is 0. The minimum absolute atomic E-state index is 0.0176. The molecule has 3 unspecified atom stereocenters. The van der Waals surface area contributed by atoms with E-state index in [1.807, 2.05) is 55.5 Å². The average molecular weight is 523 g/mol. The number of esters is 2. The van der Waals surface area contributed by atoms with Gasteiger partial charge in [0.15, 0.2) is 0 Å². The normalized spacial score (nSPS) is 14.4. The Morgan fingerprint density at radius 1 is 0.632 bits per heavy atom. The fourth-order valence-corrected chi connectivity index (χ4v) is 4.79. The summed E-state index contributed by atoms with van der Waals surface area (Å²) in [6.07, 6.45) is 4.47. The van der Waals surface area contributed by atoms with Crippen LogP contribution in [-0.4, -0.2) is 24.1 Å². The van der Waals surface area contributed by atoms with E-state index in [4.69, 9.17) is 9.47 Å². The van der Waals surface area contributed by atoms with Gasteiger partial charge in [0.25, 0.3) is 0 Å². The molecular formula is C34H50O4. The van der Waals surface area contributed by atoms with E-state index in [1.54, 1.807) is 0 Å². The monoisotopic (exact) mass is 522 g/mol. The number of benzene rings is 2. The SMILES string of the molecule is CCCCC(C(CC)OC(=O)c1ccc(C(C)(C)C)cc1)C(CCC)OC(=O)c1ccc(C(C)(C)C)cc1. The highest BCUT2D eigenvalue weighted by Crippen LogP contribution is 2.30. The smallest absolute Gasteiger partial charge is 0.338 e. The molecule has 0 aliphatic heterocycles. The Balaban J connectivity index is 2.24. The van der Waals surface area contributed by atoms with Crippen molar-refractivity contribution in [3.05, 3.63) is 70.8 Å². The summed E-state index contributed by atoms with van der Waals surface area (Å²) in [7, 11) is 0. The molecule has 38 heavy (non-hydrogen) atoms. The summed E-state index contributed by atoms with van der Waals surface area (Å²) < 4.78 is 12.3. The van der Waals surface area contributed by atoms with Gasteiger partial charge in [0.2, 0.25) is 0 Å². The van der Waals surface area contributed by atoms with Gasteiger partial charge in [-0.1, -0.05) is 106 Å². The van der Waals surface area contributed by atoms with Crippen molar-refractivity contribution in [1.82, 2.24) is 0 Å². The molecule has 0 amide bonds. The summed E-state index contributed by atoms with van der Waals surface area (Å²) in [5.41, 5.74) is 3.49. The van der Waals surface area contributed by atoms with Gasteiger partial charge >= 0.3 is 11.9 Å². The molecule has 0 radical (unpaired) electrons. The first-order valence-electron chi connectivity index (χ1n) is 14.4. The van der Waals surface area contributed by atoms with Crippen LogP contribution in [0.25, 0.3) is 0 Å². The van der Waals surface area contributed by atoms with E-state index < -0.39 is 0 Å². The van der Waals surface area contributed by atoms with Gasteiger partial charge in [-0.25, -0.2) is 9.59 Å². The number of carbonyl (C=O) groups is 2. The van der Waals surface area contributed by atoms with Gasteiger partial charge in [-0.15, -0.1) is 0 Å². The van der Waals surface area contributed by atoms with E-state index in [-0.39, 0.29) is 40.9 Å². The standard InChI is InChI=1S/C34H50O4/c1-10-13-15-28(29(12-3)37-31(35)24-16-20-26(21-17-24)33(4,5)6)30(14-11-2)38-32(36)25-18-22-27(23-19-25)34(7,8)9/h16-23,28-30H,10-15H2,1-9H3. The molecule has 3 atom stereocenters. The molecule has 0 aliphatic rings. The van der Waals surface area contributed by atoms with Gasteiger partial charge in [0.1, 0.15) is 12.2 Å². The molecule has 0 bridgehead atoms. The molecule has 0 saturated carbocycles. The summed E-state index contributed by atoms with van der Waals surface area (Å²) in [6.45, 7) is 19.2. The van der Waals surface area contributed by atoms with E-state index in [1.165, 1.54) is 11.1 Å². The van der Waals surface area contributed by atoms with Crippen LogP contribution in [0.3, 0.4) is 0 Å². The molecule has 0 saturated heterocycles. The van der Waals surface area contributed by atoms with Crippen LogP contribution in [0, 0.1) is 5.92 Å². The topological polar surface area (TPSA) is 52.6 Å². The molecule has 4 nitrogen and oxygen atoms in total. The van der Waals surface area contributed by atoms with E-state index in [9.17, 15) is 9.59 Å². The second kappa shape index (κ2) is 14.0. The maximum Gasteiger partial charge on any atom is 0.338 e. The second-order valence-electron chi connectivity index (χ2n) is 12.5. The van der Waals surface area contributed by atoms with Gasteiger partial charge in [0.05, 0.1) is 11.1 Å². The highest BCUT2D eigenvalue weighted by Gasteiger charge is 2.33. The van der Waals surface area contributed by atoms with Crippen molar-refractivity contribution < 1.29 is 19.1 Å². The van der Waals surface area contributed by atoms with Crippen LogP contribution in [-0.2, 0) is 20.3 Å². The number of hydrogen-bond acceptors (Lipinski definition) is 4. The Hall–Kier alpha value is -2.62. The van der Waals surface area contributed by atoms with Crippen LogP contribution in [0.1, 0.15) is 133 Å². The minimum atomic E-state index is -0.330. The van der Waals surface area contributed by atoms with Gasteiger partial charge in [0, 0.05) is 5.92 Å². The lowest BCUT2D eigenvalue weighted by atomic mass is 9.86. The van der Waals surface area contributed by atoms with E-state index >= 15 is 0 Å². The predicted molar refractivity (Wildman–Crippen MR) is 157 cm³/mol. The van der Waals surface area contributed by atoms with Crippen LogP contribution in [0.4, 0.5) is 0 Å². The molecule has 0 N–H and O–H groups in total. The number of ether oxygens (including phenoxy) is 2. The van der Waals surface area contributed by atoms with Crippen molar-refractivity contribution in [2.24, 2.45) is 5.92 Å². The molecule has 4 heteroatoms. The third-order valence-corrected chi connectivity index (χ3v) is 7.31. The zero-order valence-corrected chi connectivity index (χ0v) is 25.2. The molecular weight excluding hydrogens is 472 g/mol. The highest BCUT2D eigenvalue weighted by molar-refractivity contribution is 5.90. The van der Waals surface area contributed by atoms with Crippen LogP contribution < -0.4 is 0 Å². The molecule has 0 aromatic heterocycles. The minimum Gasteiger partial charge on any atom is -0.458 e. The van der Waals surface area contributed by atoms with Crippen LogP contribution in [0.2, 0.25) is 0 Å². The largest absolute Gasteiger partial charge is 0.458 e. The first-order chi connectivity index (χ1) is 17.8. The fourth-order valence-electron chi connectivity index (χ4n) is 4.79. The van der Waals surface area contributed by atoms with Crippen molar-refractivity contribution in [3.8, 4) is 0 Å². The molecule has 0 aliphatic carbocycles. The highest BCUT2D eigenvalue weighted by atomic mass is 16.6. The van der Waals surface area contributed by atoms with Crippen LogP contribution in [0.15, 0.2) is 48.5 Å². The Kier molecular flexibility index (Phi) is 11.6. The molecule has 0 spiro atoms. The zero-order chi connectivity index (χ0) is 28.5. The summed E-state index contributed by atoms with van der Waals surface area (Å²) in [5, 5.41) is 0. The lowest BCUT2D eigenvalue weighted by molar-refractivity contribution is -0.0395. The van der Waals surface area contributed by atoms with Crippen molar-refractivity contribution in [3.63, 3.8) is 0 Å². The van der Waals surface area contributed by atoms with E-state index in [0.717, 1.165) is 32.1 Å². The maximum atomic E-state index is 13.2. The first kappa shape index (κ1) is 31.6. The van der Waals surface area contributed by atoms with Gasteiger partial charge < -0.3 is 9.47 Å². The van der Waals surface area contributed by atoms with Crippen LogP contribution >= 0.6 is 0 Å². The number of unbranched alkanes of at least 4 members (excludes halogenated alkanes) is 1. The Labute approximate surface area is 231 Å². The number of carbonyl (C=O) groups excluding carboxylic acids is 2. The Bertz CT molecular complexity index is 1010. The molecule has 0 heterocycles. The Morgan fingerprint density at radius 2 is 1.05 bits per heavy atom. The quantitative estimate of drug-likeness (QED) is 0.261. The molecule has 0 fully saturated rings. The lowest BCUT2D eigenvalue weighted by Crippen LogP contribution is -2.38. The van der Waals surface area contributed by atoms with Gasteiger partial charge in [-0.05, 0) is 65.5 Å². The van der Waals surface area contributed by atoms with Crippen molar-refractivity contribution in [2.75, 3.05) is 0 Å². The van der Waals surface area contributed by atoms with Crippen molar-refractivity contribution in [1.29, 1.82) is 0 Å². The van der Waals surface area contributed by atoms with Crippen LogP contribution in [0.5, 0.6) is 0 Å². The van der Waals surface area contributed by atoms with E-state index in [0.29, 0.717) is 17.5 Å². The summed E-state index contributed by atoms with van der Waals surface area (Å²) in [4.78, 5) is 26.4. The maximum absolute atomic E-state index is 13.2. The Morgan fingerprint density at radius 3 is 1.39 bits per heavy atom. The second-order valence-corrected chi connectivity index (χ2v) is 12.5. The average Bonchev–Trinajstić information content (AvgIpc) is 2.87. The zero-order valence-electron chi connectivity index (χ0n) is 25.2. The fraction of sp³-hybridized carbons (Fsp3) is 0.588. The molecule has 2 aromatic carbocycles. The van der Waals surface area contributed by atoms with E-state index in [2.05, 4.69) is 55.4 Å². The summed E-state index contributed by atoms with van der Waals surface area (Å²) in [5.74, 6) is -0.696. The predicted octanol–water partition coefficient (Wildman–Crippen LogP) is 9.05. The molecule has 2 aromatic rings. The first-order valence-corrected chi connectivity index (χ1v) is 14.4. The third kappa shape index (κ3) is 8.99. The molecule has 2 rings (SSSR count). The summed E-state index contributed by atoms with van der Waals surface area (Å²) in [6, 6.07) is 15.4.